The van der Waals surface area contributed by atoms with Gasteiger partial charge >= 0.3 is 0 Å². The molecule has 7 heteroatoms. The van der Waals surface area contributed by atoms with Crippen LogP contribution in [0.25, 0.3) is 17.0 Å². The minimum Gasteiger partial charge on any atom is -0.351 e. The average Bonchev–Trinajstić information content (AvgIpc) is 3.31. The van der Waals surface area contributed by atoms with E-state index in [-0.39, 0.29) is 6.04 Å². The zero-order valence-electron chi connectivity index (χ0n) is 19.6. The Balaban J connectivity index is 1.75. The van der Waals surface area contributed by atoms with Crippen molar-refractivity contribution in [2.45, 2.75) is 51.0 Å². The summed E-state index contributed by atoms with van der Waals surface area (Å²) in [6.45, 7) is 7.25. The Hall–Kier alpha value is -2.64. The molecule has 0 spiro atoms. The number of aryl methyl sites for hydroxylation is 1. The van der Waals surface area contributed by atoms with E-state index < -0.39 is 0 Å². The van der Waals surface area contributed by atoms with Gasteiger partial charge in [-0.1, -0.05) is 66.9 Å². The molecular weight excluding hydrogens is 448 g/mol. The molecule has 2 heterocycles. The standard InChI is InChI=1S/C26H30N4OS2/c1-5-6-7-16-30-18(3)22(23(27-26(30)32)19-12-14-21(33-4)15-13-19)25-28-24(29-31-25)20-10-8-17(2)9-11-20/h8-15,23H,5-7,16H2,1-4H3,(H,27,32). The van der Waals surface area contributed by atoms with Crippen LogP contribution < -0.4 is 5.32 Å². The maximum atomic E-state index is 5.83. The van der Waals surface area contributed by atoms with Crippen LogP contribution in [0.2, 0.25) is 0 Å². The second-order valence-corrected chi connectivity index (χ2v) is 9.57. The van der Waals surface area contributed by atoms with E-state index in [2.05, 4.69) is 78.8 Å². The van der Waals surface area contributed by atoms with Gasteiger partial charge in [0.25, 0.3) is 5.89 Å². The van der Waals surface area contributed by atoms with Gasteiger partial charge in [0.05, 0.1) is 11.6 Å². The Morgan fingerprint density at radius 1 is 1.06 bits per heavy atom. The molecule has 0 fully saturated rings. The van der Waals surface area contributed by atoms with Gasteiger partial charge in [-0.25, -0.2) is 0 Å². The van der Waals surface area contributed by atoms with Crippen LogP contribution in [0.3, 0.4) is 0 Å². The van der Waals surface area contributed by atoms with E-state index in [4.69, 9.17) is 21.7 Å². The molecule has 2 aromatic carbocycles. The number of allylic oxidation sites excluding steroid dienone is 1. The van der Waals surface area contributed by atoms with E-state index in [1.165, 1.54) is 16.9 Å². The fourth-order valence-corrected chi connectivity index (χ4v) is 4.80. The third-order valence-electron chi connectivity index (χ3n) is 6.00. The summed E-state index contributed by atoms with van der Waals surface area (Å²) in [6.07, 6.45) is 5.49. The molecule has 0 radical (unpaired) electrons. The first-order valence-corrected chi connectivity index (χ1v) is 13.0. The van der Waals surface area contributed by atoms with Crippen molar-refractivity contribution in [3.63, 3.8) is 0 Å². The third-order valence-corrected chi connectivity index (χ3v) is 7.08. The van der Waals surface area contributed by atoms with E-state index in [0.717, 1.165) is 46.9 Å². The second-order valence-electron chi connectivity index (χ2n) is 8.30. The van der Waals surface area contributed by atoms with Gasteiger partial charge < -0.3 is 14.7 Å². The number of nitrogens with one attached hydrogen (secondary N) is 1. The predicted molar refractivity (Wildman–Crippen MR) is 140 cm³/mol. The fourth-order valence-electron chi connectivity index (χ4n) is 4.05. The van der Waals surface area contributed by atoms with Crippen molar-refractivity contribution in [2.75, 3.05) is 12.8 Å². The Kier molecular flexibility index (Phi) is 7.50. The highest BCUT2D eigenvalue weighted by atomic mass is 32.2. The van der Waals surface area contributed by atoms with Crippen LogP contribution in [-0.2, 0) is 0 Å². The maximum absolute atomic E-state index is 5.83. The lowest BCUT2D eigenvalue weighted by molar-refractivity contribution is 0.395. The highest BCUT2D eigenvalue weighted by molar-refractivity contribution is 7.98. The predicted octanol–water partition coefficient (Wildman–Crippen LogP) is 6.62. The fraction of sp³-hybridized carbons (Fsp3) is 0.346. The van der Waals surface area contributed by atoms with E-state index in [1.54, 1.807) is 11.8 Å². The zero-order chi connectivity index (χ0) is 23.4. The normalized spacial score (nSPS) is 16.3. The molecule has 1 atom stereocenters. The van der Waals surface area contributed by atoms with Crippen molar-refractivity contribution in [2.24, 2.45) is 0 Å². The van der Waals surface area contributed by atoms with E-state index in [0.29, 0.717) is 11.7 Å². The summed E-state index contributed by atoms with van der Waals surface area (Å²) in [6, 6.07) is 16.6. The summed E-state index contributed by atoms with van der Waals surface area (Å²) in [7, 11) is 0. The number of hydrogen-bond acceptors (Lipinski definition) is 5. The summed E-state index contributed by atoms with van der Waals surface area (Å²) in [5, 5.41) is 8.59. The number of thiocarbonyl (C=S) groups is 1. The summed E-state index contributed by atoms with van der Waals surface area (Å²) in [5.41, 5.74) is 5.29. The van der Waals surface area contributed by atoms with Crippen LogP contribution in [0, 0.1) is 6.92 Å². The van der Waals surface area contributed by atoms with Crippen LogP contribution in [-0.4, -0.2) is 33.0 Å². The molecule has 0 aliphatic carbocycles. The Morgan fingerprint density at radius 3 is 2.45 bits per heavy atom. The van der Waals surface area contributed by atoms with E-state index in [9.17, 15) is 0 Å². The van der Waals surface area contributed by atoms with E-state index in [1.807, 2.05) is 12.1 Å². The molecule has 1 aromatic heterocycles. The first-order valence-electron chi connectivity index (χ1n) is 11.4. The highest BCUT2D eigenvalue weighted by Crippen LogP contribution is 2.38. The second kappa shape index (κ2) is 10.5. The Morgan fingerprint density at radius 2 is 1.79 bits per heavy atom. The first-order chi connectivity index (χ1) is 16.0. The molecule has 0 saturated carbocycles. The molecule has 1 aliphatic rings. The summed E-state index contributed by atoms with van der Waals surface area (Å²) < 4.78 is 5.83. The largest absolute Gasteiger partial charge is 0.351 e. The van der Waals surface area contributed by atoms with Crippen molar-refractivity contribution in [1.29, 1.82) is 0 Å². The minimum absolute atomic E-state index is 0.151. The van der Waals surface area contributed by atoms with Crippen LogP contribution >= 0.6 is 24.0 Å². The van der Waals surface area contributed by atoms with Crippen molar-refractivity contribution in [3.8, 4) is 11.4 Å². The van der Waals surface area contributed by atoms with Gasteiger partial charge in [-0.05, 0) is 56.4 Å². The van der Waals surface area contributed by atoms with Crippen molar-refractivity contribution in [1.82, 2.24) is 20.4 Å². The maximum Gasteiger partial charge on any atom is 0.258 e. The van der Waals surface area contributed by atoms with Crippen LogP contribution in [0.4, 0.5) is 0 Å². The van der Waals surface area contributed by atoms with Crippen LogP contribution in [0.15, 0.2) is 63.6 Å². The molecule has 0 bridgehead atoms. The lowest BCUT2D eigenvalue weighted by atomic mass is 9.94. The quantitative estimate of drug-likeness (QED) is 0.222. The topological polar surface area (TPSA) is 54.2 Å². The molecule has 1 unspecified atom stereocenters. The van der Waals surface area contributed by atoms with Gasteiger partial charge in [0.2, 0.25) is 5.82 Å². The molecule has 3 aromatic rings. The number of aromatic nitrogens is 2. The number of unbranched alkanes of at least 4 members (excludes halogenated alkanes) is 2. The molecule has 172 valence electrons. The molecule has 1 aliphatic heterocycles. The lowest BCUT2D eigenvalue weighted by Crippen LogP contribution is -2.46. The Bertz CT molecular complexity index is 1140. The molecular formula is C26H30N4OS2. The SMILES string of the molecule is CCCCCN1C(=S)NC(c2ccc(SC)cc2)C(c2nc(-c3ccc(C)cc3)no2)=C1C. The average molecular weight is 479 g/mol. The molecule has 5 nitrogen and oxygen atoms in total. The number of nitrogens with zero attached hydrogens (tertiary/aromatic N) is 3. The van der Waals surface area contributed by atoms with Crippen LogP contribution in [0.5, 0.6) is 0 Å². The van der Waals surface area contributed by atoms with Crippen molar-refractivity contribution in [3.05, 3.63) is 71.2 Å². The first kappa shape index (κ1) is 23.5. The van der Waals surface area contributed by atoms with Crippen LogP contribution in [0.1, 0.15) is 56.2 Å². The third kappa shape index (κ3) is 5.14. The van der Waals surface area contributed by atoms with Gasteiger partial charge in [-0.2, -0.15) is 4.98 Å². The monoisotopic (exact) mass is 478 g/mol. The van der Waals surface area contributed by atoms with Crippen molar-refractivity contribution < 1.29 is 4.52 Å². The molecule has 4 rings (SSSR count). The summed E-state index contributed by atoms with van der Waals surface area (Å²) >= 11 is 7.51. The number of hydrogen-bond donors (Lipinski definition) is 1. The minimum atomic E-state index is -0.151. The molecule has 0 amide bonds. The molecule has 33 heavy (non-hydrogen) atoms. The van der Waals surface area contributed by atoms with Gasteiger partial charge in [-0.3, -0.25) is 0 Å². The molecule has 0 saturated heterocycles. The molecule has 1 N–H and O–H groups in total. The number of benzene rings is 2. The Labute approximate surface area is 205 Å². The summed E-state index contributed by atoms with van der Waals surface area (Å²) in [4.78, 5) is 8.19. The van der Waals surface area contributed by atoms with E-state index >= 15 is 0 Å². The summed E-state index contributed by atoms with van der Waals surface area (Å²) in [5.74, 6) is 1.12. The van der Waals surface area contributed by atoms with Gasteiger partial charge in [0.1, 0.15) is 0 Å². The van der Waals surface area contributed by atoms with Gasteiger partial charge in [0.15, 0.2) is 5.11 Å². The van der Waals surface area contributed by atoms with Gasteiger partial charge in [-0.15, -0.1) is 11.8 Å². The number of rotatable bonds is 8. The van der Waals surface area contributed by atoms with Gasteiger partial charge in [0, 0.05) is 22.7 Å². The lowest BCUT2D eigenvalue weighted by Gasteiger charge is -2.37. The van der Waals surface area contributed by atoms with Crippen molar-refractivity contribution >= 4 is 34.7 Å². The smallest absolute Gasteiger partial charge is 0.258 e. The number of thioether (sulfide) groups is 1. The zero-order valence-corrected chi connectivity index (χ0v) is 21.2. The highest BCUT2D eigenvalue weighted by Gasteiger charge is 2.33.